The van der Waals surface area contributed by atoms with E-state index in [1.54, 1.807) is 0 Å². The van der Waals surface area contributed by atoms with Crippen LogP contribution in [-0.4, -0.2) is 24.8 Å². The van der Waals surface area contributed by atoms with Gasteiger partial charge >= 0.3 is 5.97 Å². The maximum absolute atomic E-state index is 12.4. The molecule has 106 valence electrons. The largest absolute Gasteiger partial charge is 0.458 e. The van der Waals surface area contributed by atoms with E-state index in [2.05, 4.69) is 20.8 Å². The zero-order valence-electron chi connectivity index (χ0n) is 12.8. The lowest BCUT2D eigenvalue weighted by Gasteiger charge is -2.47. The zero-order chi connectivity index (χ0) is 14.0. The second kappa shape index (κ2) is 5.20. The lowest BCUT2D eigenvalue weighted by Crippen LogP contribution is -2.52. The standard InChI is InChI=1S/C15H28O3/c1-7-14(5,6)12(16)18-15(13(2,3)4)8-10-17-11-9-15/h7-11H2,1-6H3. The van der Waals surface area contributed by atoms with Gasteiger partial charge in [-0.3, -0.25) is 4.79 Å². The molecule has 0 saturated carbocycles. The van der Waals surface area contributed by atoms with Crippen molar-refractivity contribution in [2.75, 3.05) is 13.2 Å². The first kappa shape index (κ1) is 15.5. The Labute approximate surface area is 111 Å². The Hall–Kier alpha value is -0.570. The quantitative estimate of drug-likeness (QED) is 0.724. The molecule has 1 saturated heterocycles. The fraction of sp³-hybridized carbons (Fsp3) is 0.933. The van der Waals surface area contributed by atoms with Crippen LogP contribution in [0.4, 0.5) is 0 Å². The van der Waals surface area contributed by atoms with E-state index in [0.29, 0.717) is 13.2 Å². The number of hydrogen-bond donors (Lipinski definition) is 0. The lowest BCUT2D eigenvalue weighted by atomic mass is 9.71. The fourth-order valence-electron chi connectivity index (χ4n) is 2.17. The van der Waals surface area contributed by atoms with Gasteiger partial charge in [0.05, 0.1) is 18.6 Å². The highest BCUT2D eigenvalue weighted by Crippen LogP contribution is 2.43. The summed E-state index contributed by atoms with van der Waals surface area (Å²) < 4.78 is 11.4. The van der Waals surface area contributed by atoms with Gasteiger partial charge in [-0.15, -0.1) is 0 Å². The van der Waals surface area contributed by atoms with E-state index in [9.17, 15) is 4.79 Å². The van der Waals surface area contributed by atoms with Crippen molar-refractivity contribution in [1.82, 2.24) is 0 Å². The van der Waals surface area contributed by atoms with Crippen LogP contribution in [0.25, 0.3) is 0 Å². The fourth-order valence-corrected chi connectivity index (χ4v) is 2.17. The summed E-state index contributed by atoms with van der Waals surface area (Å²) in [6.45, 7) is 13.7. The SMILES string of the molecule is CCC(C)(C)C(=O)OC1(C(C)(C)C)CCOCC1. The molecule has 0 radical (unpaired) electrons. The normalized spacial score (nSPS) is 20.6. The Morgan fingerprint density at radius 3 is 2.06 bits per heavy atom. The van der Waals surface area contributed by atoms with Crippen LogP contribution in [0.2, 0.25) is 0 Å². The molecule has 0 unspecified atom stereocenters. The number of hydrogen-bond acceptors (Lipinski definition) is 3. The maximum atomic E-state index is 12.4. The van der Waals surface area contributed by atoms with Crippen LogP contribution in [0.3, 0.4) is 0 Å². The molecular formula is C15H28O3. The summed E-state index contributed by atoms with van der Waals surface area (Å²) in [5.74, 6) is -0.0816. The summed E-state index contributed by atoms with van der Waals surface area (Å²) in [6.07, 6.45) is 2.38. The highest BCUT2D eigenvalue weighted by Gasteiger charge is 2.48. The van der Waals surface area contributed by atoms with Gasteiger partial charge in [0.15, 0.2) is 0 Å². The monoisotopic (exact) mass is 256 g/mol. The first-order chi connectivity index (χ1) is 8.15. The van der Waals surface area contributed by atoms with Crippen molar-refractivity contribution >= 4 is 5.97 Å². The summed E-state index contributed by atoms with van der Waals surface area (Å²) in [4.78, 5) is 12.4. The second-order valence-corrected chi connectivity index (χ2v) is 6.98. The van der Waals surface area contributed by atoms with E-state index in [4.69, 9.17) is 9.47 Å². The van der Waals surface area contributed by atoms with Crippen LogP contribution in [0.15, 0.2) is 0 Å². The minimum atomic E-state index is -0.406. The lowest BCUT2D eigenvalue weighted by molar-refractivity contribution is -0.199. The topological polar surface area (TPSA) is 35.5 Å². The van der Waals surface area contributed by atoms with Gasteiger partial charge in [-0.1, -0.05) is 27.7 Å². The molecule has 0 N–H and O–H groups in total. The number of carbonyl (C=O) groups excluding carboxylic acids is 1. The number of ether oxygens (including phenoxy) is 2. The van der Waals surface area contributed by atoms with Crippen LogP contribution in [0, 0.1) is 10.8 Å². The Balaban J connectivity index is 2.90. The third kappa shape index (κ3) is 3.05. The van der Waals surface area contributed by atoms with Crippen molar-refractivity contribution in [2.45, 2.75) is 66.4 Å². The van der Waals surface area contributed by atoms with Crippen LogP contribution in [0.5, 0.6) is 0 Å². The van der Waals surface area contributed by atoms with Crippen LogP contribution >= 0.6 is 0 Å². The van der Waals surface area contributed by atoms with E-state index in [1.807, 2.05) is 20.8 Å². The first-order valence-electron chi connectivity index (χ1n) is 6.96. The summed E-state index contributed by atoms with van der Waals surface area (Å²) >= 11 is 0. The Kier molecular flexibility index (Phi) is 4.47. The molecule has 0 aromatic carbocycles. The highest BCUT2D eigenvalue weighted by molar-refractivity contribution is 5.76. The molecule has 3 heteroatoms. The highest BCUT2D eigenvalue weighted by atomic mass is 16.6. The summed E-state index contributed by atoms with van der Waals surface area (Å²) in [5, 5.41) is 0. The van der Waals surface area contributed by atoms with Gasteiger partial charge in [0.1, 0.15) is 5.60 Å². The smallest absolute Gasteiger partial charge is 0.312 e. The van der Waals surface area contributed by atoms with Crippen molar-refractivity contribution in [3.8, 4) is 0 Å². The minimum Gasteiger partial charge on any atom is -0.458 e. The maximum Gasteiger partial charge on any atom is 0.312 e. The molecule has 0 aromatic rings. The minimum absolute atomic E-state index is 0.0593. The van der Waals surface area contributed by atoms with Gasteiger partial charge in [0, 0.05) is 18.3 Å². The number of carbonyl (C=O) groups is 1. The van der Waals surface area contributed by atoms with Crippen LogP contribution < -0.4 is 0 Å². The first-order valence-corrected chi connectivity index (χ1v) is 6.96. The predicted octanol–water partition coefficient (Wildman–Crippen LogP) is 3.56. The van der Waals surface area contributed by atoms with Gasteiger partial charge in [0.2, 0.25) is 0 Å². The molecule has 0 atom stereocenters. The van der Waals surface area contributed by atoms with Crippen molar-refractivity contribution in [1.29, 1.82) is 0 Å². The molecule has 3 nitrogen and oxygen atoms in total. The van der Waals surface area contributed by atoms with Crippen LogP contribution in [-0.2, 0) is 14.3 Å². The van der Waals surface area contributed by atoms with E-state index in [1.165, 1.54) is 0 Å². The van der Waals surface area contributed by atoms with Crippen molar-refractivity contribution < 1.29 is 14.3 Å². The van der Waals surface area contributed by atoms with E-state index >= 15 is 0 Å². The second-order valence-electron chi connectivity index (χ2n) is 6.98. The van der Waals surface area contributed by atoms with Crippen molar-refractivity contribution in [3.63, 3.8) is 0 Å². The molecule has 1 aliphatic rings. The molecule has 1 rings (SSSR count). The molecule has 18 heavy (non-hydrogen) atoms. The van der Waals surface area contributed by atoms with Crippen LogP contribution in [0.1, 0.15) is 60.8 Å². The Morgan fingerprint density at radius 2 is 1.67 bits per heavy atom. The summed E-state index contributed by atoms with van der Waals surface area (Å²) in [5.41, 5.74) is -0.846. The molecule has 1 aliphatic heterocycles. The summed E-state index contributed by atoms with van der Waals surface area (Å²) in [6, 6.07) is 0. The number of rotatable bonds is 3. The third-order valence-electron chi connectivity index (χ3n) is 4.39. The zero-order valence-corrected chi connectivity index (χ0v) is 12.8. The van der Waals surface area contributed by atoms with Gasteiger partial charge in [-0.25, -0.2) is 0 Å². The summed E-state index contributed by atoms with van der Waals surface area (Å²) in [7, 11) is 0. The molecule has 1 fully saturated rings. The average molecular weight is 256 g/mol. The molecule has 0 amide bonds. The van der Waals surface area contributed by atoms with Gasteiger partial charge in [-0.05, 0) is 20.3 Å². The molecular weight excluding hydrogens is 228 g/mol. The van der Waals surface area contributed by atoms with Crippen molar-refractivity contribution in [2.24, 2.45) is 10.8 Å². The molecule has 1 heterocycles. The van der Waals surface area contributed by atoms with E-state index in [-0.39, 0.29) is 17.0 Å². The predicted molar refractivity (Wildman–Crippen MR) is 72.4 cm³/mol. The Bertz CT molecular complexity index is 293. The Morgan fingerprint density at radius 1 is 1.17 bits per heavy atom. The molecule has 0 aromatic heterocycles. The van der Waals surface area contributed by atoms with Gasteiger partial charge in [-0.2, -0.15) is 0 Å². The molecule has 0 spiro atoms. The van der Waals surface area contributed by atoms with Crippen molar-refractivity contribution in [3.05, 3.63) is 0 Å². The van der Waals surface area contributed by atoms with Gasteiger partial charge in [0.25, 0.3) is 0 Å². The van der Waals surface area contributed by atoms with E-state index in [0.717, 1.165) is 19.3 Å². The average Bonchev–Trinajstić information content (AvgIpc) is 2.28. The third-order valence-corrected chi connectivity index (χ3v) is 4.39. The molecule has 0 aliphatic carbocycles. The van der Waals surface area contributed by atoms with Gasteiger partial charge < -0.3 is 9.47 Å². The molecule has 0 bridgehead atoms. The number of esters is 1. The van der Waals surface area contributed by atoms with E-state index < -0.39 is 5.41 Å².